The van der Waals surface area contributed by atoms with E-state index in [-0.39, 0.29) is 0 Å². The standard InChI is InChI=1S/2C6H11.CH4N3.Sn/c2*1-2-4-6-5-3-1;2-1(3)4;/h2*1H,2-6H2;(H4-,2,3,4);/q;;-1;+1. The summed E-state index contributed by atoms with van der Waals surface area (Å²) in [4.78, 5) is 0. The van der Waals surface area contributed by atoms with Gasteiger partial charge >= 0.3 is 113 Å². The van der Waals surface area contributed by atoms with Gasteiger partial charge < -0.3 is 0 Å². The van der Waals surface area contributed by atoms with Gasteiger partial charge in [-0.3, -0.25) is 0 Å². The van der Waals surface area contributed by atoms with Crippen molar-refractivity contribution >= 4 is 26.0 Å². The van der Waals surface area contributed by atoms with E-state index in [9.17, 15) is 0 Å². The Bertz CT molecular complexity index is 233. The summed E-state index contributed by atoms with van der Waals surface area (Å²) >= 11 is -1.75. The first kappa shape index (κ1) is 13.5. The number of rotatable bonds is 3. The second-order valence-corrected chi connectivity index (χ2v) is 13.4. The number of guanidine groups is 1. The van der Waals surface area contributed by atoms with E-state index in [1.54, 1.807) is 0 Å². The van der Waals surface area contributed by atoms with Gasteiger partial charge in [-0.25, -0.2) is 0 Å². The third-order valence-corrected chi connectivity index (χ3v) is 13.8. The molecule has 0 amide bonds. The summed E-state index contributed by atoms with van der Waals surface area (Å²) in [6, 6.07) is 0. The Morgan fingerprint density at radius 2 is 1.18 bits per heavy atom. The van der Waals surface area contributed by atoms with Gasteiger partial charge in [0.15, 0.2) is 0 Å². The summed E-state index contributed by atoms with van der Waals surface area (Å²) in [5.41, 5.74) is 11.4. The van der Waals surface area contributed by atoms with Crippen molar-refractivity contribution in [3.8, 4) is 0 Å². The Balaban J connectivity index is 2.03. The topological polar surface area (TPSA) is 64.4 Å². The Hall–Kier alpha value is 0.0687. The third-order valence-electron chi connectivity index (χ3n) is 4.31. The number of hydrogen-bond acceptors (Lipinski definition) is 1. The van der Waals surface area contributed by atoms with Crippen LogP contribution in [0.1, 0.15) is 64.2 Å². The zero-order valence-corrected chi connectivity index (χ0v) is 13.7. The first-order valence-electron chi connectivity index (χ1n) is 7.23. The molecule has 3 nitrogen and oxygen atoms in total. The van der Waals surface area contributed by atoms with Crippen LogP contribution < -0.4 is 11.5 Å². The second kappa shape index (κ2) is 6.86. The van der Waals surface area contributed by atoms with Gasteiger partial charge in [-0.2, -0.15) is 0 Å². The van der Waals surface area contributed by atoms with Crippen LogP contribution in [0.25, 0.3) is 0 Å². The van der Waals surface area contributed by atoms with E-state index in [1.165, 1.54) is 64.2 Å². The number of nitrogens with two attached hydrogens (primary N) is 2. The predicted octanol–water partition coefficient (Wildman–Crippen LogP) is 2.92. The fourth-order valence-corrected chi connectivity index (χ4v) is 13.0. The molecule has 0 aromatic heterocycles. The SMILES string of the molecule is NC(N)=[N][Sn]([CH]1CCCCC1)[CH]1CCCCC1. The molecule has 0 atom stereocenters. The van der Waals surface area contributed by atoms with Crippen molar-refractivity contribution in [2.75, 3.05) is 0 Å². The van der Waals surface area contributed by atoms with Gasteiger partial charge in [0, 0.05) is 0 Å². The molecule has 0 heterocycles. The van der Waals surface area contributed by atoms with Crippen molar-refractivity contribution in [1.82, 2.24) is 0 Å². The first-order chi connectivity index (χ1) is 8.27. The Labute approximate surface area is 113 Å². The molecule has 1 radical (unpaired) electrons. The van der Waals surface area contributed by atoms with Crippen molar-refractivity contribution in [3.05, 3.63) is 0 Å². The van der Waals surface area contributed by atoms with Crippen LogP contribution in [-0.2, 0) is 0 Å². The van der Waals surface area contributed by atoms with Gasteiger partial charge in [-0.1, -0.05) is 0 Å². The normalized spacial score (nSPS) is 23.8. The van der Waals surface area contributed by atoms with Crippen LogP contribution in [0.2, 0.25) is 7.87 Å². The molecular formula is C13H26N3Sn. The first-order valence-corrected chi connectivity index (χ1v) is 11.8. The molecule has 2 aliphatic rings. The monoisotopic (exact) mass is 344 g/mol. The summed E-state index contributed by atoms with van der Waals surface area (Å²) in [6.45, 7) is 0. The maximum atomic E-state index is 5.68. The number of hydrogen-bond donors (Lipinski definition) is 2. The average Bonchev–Trinajstić information content (AvgIpc) is 2.38. The minimum atomic E-state index is -1.75. The summed E-state index contributed by atoms with van der Waals surface area (Å²) in [5.74, 6) is 0.385. The summed E-state index contributed by atoms with van der Waals surface area (Å²) in [6.07, 6.45) is 14.2. The quantitative estimate of drug-likeness (QED) is 0.470. The minimum absolute atomic E-state index is 0.385. The van der Waals surface area contributed by atoms with Gasteiger partial charge in [0.05, 0.1) is 0 Å². The zero-order valence-electron chi connectivity index (χ0n) is 10.8. The molecule has 4 N–H and O–H groups in total. The summed E-state index contributed by atoms with van der Waals surface area (Å²) in [5, 5.41) is 0. The molecule has 0 aliphatic heterocycles. The molecule has 0 spiro atoms. The molecule has 2 aliphatic carbocycles. The van der Waals surface area contributed by atoms with Gasteiger partial charge in [-0.05, 0) is 0 Å². The fraction of sp³-hybridized carbons (Fsp3) is 0.923. The van der Waals surface area contributed by atoms with Crippen molar-refractivity contribution in [3.63, 3.8) is 0 Å². The van der Waals surface area contributed by atoms with Gasteiger partial charge in [0.2, 0.25) is 0 Å². The van der Waals surface area contributed by atoms with E-state index >= 15 is 0 Å². The molecule has 2 saturated carbocycles. The zero-order chi connectivity index (χ0) is 12.1. The van der Waals surface area contributed by atoms with Crippen molar-refractivity contribution < 1.29 is 0 Å². The van der Waals surface area contributed by atoms with Crippen LogP contribution >= 0.6 is 0 Å². The van der Waals surface area contributed by atoms with E-state index in [4.69, 9.17) is 14.7 Å². The average molecular weight is 343 g/mol. The summed E-state index contributed by atoms with van der Waals surface area (Å²) in [7, 11) is 0. The van der Waals surface area contributed by atoms with Gasteiger partial charge in [-0.15, -0.1) is 0 Å². The molecule has 0 aromatic rings. The van der Waals surface area contributed by atoms with Gasteiger partial charge in [0.1, 0.15) is 0 Å². The third kappa shape index (κ3) is 4.04. The van der Waals surface area contributed by atoms with E-state index < -0.39 is 20.0 Å². The Morgan fingerprint density at radius 1 is 0.765 bits per heavy atom. The summed E-state index contributed by atoms with van der Waals surface area (Å²) < 4.78 is 6.68. The van der Waals surface area contributed by atoms with Crippen LogP contribution in [-0.4, -0.2) is 26.0 Å². The second-order valence-electron chi connectivity index (χ2n) is 5.63. The number of nitrogens with zero attached hydrogens (tertiary/aromatic N) is 1. The molecule has 2 rings (SSSR count). The predicted molar refractivity (Wildman–Crippen MR) is 75.2 cm³/mol. The van der Waals surface area contributed by atoms with Crippen LogP contribution in [0.4, 0.5) is 0 Å². The molecule has 2 fully saturated rings. The van der Waals surface area contributed by atoms with E-state index in [1.807, 2.05) is 0 Å². The van der Waals surface area contributed by atoms with Crippen LogP contribution in [0.5, 0.6) is 0 Å². The van der Waals surface area contributed by atoms with E-state index in [0.717, 1.165) is 7.87 Å². The van der Waals surface area contributed by atoms with Crippen LogP contribution in [0, 0.1) is 0 Å². The van der Waals surface area contributed by atoms with Gasteiger partial charge in [0.25, 0.3) is 0 Å². The Morgan fingerprint density at radius 3 is 1.53 bits per heavy atom. The molecule has 0 bridgehead atoms. The van der Waals surface area contributed by atoms with Crippen molar-refractivity contribution in [2.24, 2.45) is 14.7 Å². The fourth-order valence-electron chi connectivity index (χ4n) is 3.46. The molecule has 0 saturated heterocycles. The maximum absolute atomic E-state index is 5.68. The molecule has 0 aromatic carbocycles. The Kier molecular flexibility index (Phi) is 5.44. The van der Waals surface area contributed by atoms with E-state index in [2.05, 4.69) is 0 Å². The molecule has 17 heavy (non-hydrogen) atoms. The van der Waals surface area contributed by atoms with Crippen molar-refractivity contribution in [2.45, 2.75) is 72.1 Å². The van der Waals surface area contributed by atoms with Crippen molar-refractivity contribution in [1.29, 1.82) is 0 Å². The molecular weight excluding hydrogens is 317 g/mol. The van der Waals surface area contributed by atoms with Crippen LogP contribution in [0.3, 0.4) is 0 Å². The molecule has 0 unspecified atom stereocenters. The molecule has 4 heteroatoms. The van der Waals surface area contributed by atoms with E-state index in [0.29, 0.717) is 5.96 Å². The molecule has 97 valence electrons. The van der Waals surface area contributed by atoms with Crippen LogP contribution in [0.15, 0.2) is 3.21 Å².